The summed E-state index contributed by atoms with van der Waals surface area (Å²) in [6.07, 6.45) is 1.04. The number of rotatable bonds is 5. The predicted octanol–water partition coefficient (Wildman–Crippen LogP) is 4.66. The SMILES string of the molecule is CCCNc1cc(Nc2ccc(Cl)c(Cl)c2)nc(C)n1. The molecule has 0 atom stereocenters. The zero-order valence-electron chi connectivity index (χ0n) is 11.4. The molecule has 106 valence electrons. The summed E-state index contributed by atoms with van der Waals surface area (Å²) in [5.41, 5.74) is 0.832. The van der Waals surface area contributed by atoms with Gasteiger partial charge in [0.15, 0.2) is 0 Å². The molecule has 4 nitrogen and oxygen atoms in total. The summed E-state index contributed by atoms with van der Waals surface area (Å²) in [6, 6.07) is 7.23. The van der Waals surface area contributed by atoms with Crippen LogP contribution in [0.4, 0.5) is 17.3 Å². The number of benzene rings is 1. The van der Waals surface area contributed by atoms with E-state index in [0.29, 0.717) is 15.9 Å². The van der Waals surface area contributed by atoms with Crippen molar-refractivity contribution in [1.82, 2.24) is 9.97 Å². The average molecular weight is 311 g/mol. The van der Waals surface area contributed by atoms with Crippen molar-refractivity contribution >= 4 is 40.5 Å². The Bertz CT molecular complexity index is 602. The molecule has 0 radical (unpaired) electrons. The molecule has 0 aliphatic rings. The van der Waals surface area contributed by atoms with E-state index in [0.717, 1.165) is 30.3 Å². The lowest BCUT2D eigenvalue weighted by Gasteiger charge is -2.10. The number of anilines is 3. The minimum atomic E-state index is 0.506. The lowest BCUT2D eigenvalue weighted by atomic mass is 10.3. The molecule has 0 amide bonds. The minimum absolute atomic E-state index is 0.506. The van der Waals surface area contributed by atoms with E-state index < -0.39 is 0 Å². The molecular formula is C14H16Cl2N4. The summed E-state index contributed by atoms with van der Waals surface area (Å²) in [5, 5.41) is 7.47. The summed E-state index contributed by atoms with van der Waals surface area (Å²) in [5.74, 6) is 2.23. The highest BCUT2D eigenvalue weighted by Gasteiger charge is 2.04. The first-order valence-electron chi connectivity index (χ1n) is 6.40. The van der Waals surface area contributed by atoms with Crippen LogP contribution in [-0.2, 0) is 0 Å². The van der Waals surface area contributed by atoms with Crippen LogP contribution in [0.1, 0.15) is 19.2 Å². The Morgan fingerprint density at radius 2 is 1.80 bits per heavy atom. The Kier molecular flexibility index (Phi) is 5.04. The van der Waals surface area contributed by atoms with Gasteiger partial charge in [0, 0.05) is 18.3 Å². The molecule has 0 spiro atoms. The number of nitrogens with one attached hydrogen (secondary N) is 2. The molecule has 2 aromatic rings. The number of aromatic nitrogens is 2. The largest absolute Gasteiger partial charge is 0.370 e. The molecule has 1 heterocycles. The standard InChI is InChI=1S/C14H16Cl2N4/c1-3-6-17-13-8-14(19-9(2)18-13)20-10-4-5-11(15)12(16)7-10/h4-5,7-8H,3,6H2,1-2H3,(H2,17,18,19,20). The molecule has 0 fully saturated rings. The average Bonchev–Trinajstić information content (AvgIpc) is 2.40. The van der Waals surface area contributed by atoms with Gasteiger partial charge in [-0.2, -0.15) is 0 Å². The van der Waals surface area contributed by atoms with Crippen LogP contribution in [0.15, 0.2) is 24.3 Å². The van der Waals surface area contributed by atoms with E-state index in [1.54, 1.807) is 12.1 Å². The monoisotopic (exact) mass is 310 g/mol. The van der Waals surface area contributed by atoms with Gasteiger partial charge in [-0.1, -0.05) is 30.1 Å². The molecule has 0 bridgehead atoms. The molecule has 6 heteroatoms. The molecule has 0 saturated carbocycles. The molecule has 0 aliphatic carbocycles. The van der Waals surface area contributed by atoms with Gasteiger partial charge in [-0.05, 0) is 31.5 Å². The van der Waals surface area contributed by atoms with Crippen molar-refractivity contribution in [3.63, 3.8) is 0 Å². The van der Waals surface area contributed by atoms with Gasteiger partial charge in [0.2, 0.25) is 0 Å². The maximum absolute atomic E-state index is 5.99. The number of halogens is 2. The Morgan fingerprint density at radius 1 is 1.05 bits per heavy atom. The third-order valence-corrected chi connectivity index (χ3v) is 3.33. The number of nitrogens with zero attached hydrogens (tertiary/aromatic N) is 2. The van der Waals surface area contributed by atoms with Crippen LogP contribution in [0.5, 0.6) is 0 Å². The third-order valence-electron chi connectivity index (χ3n) is 2.59. The van der Waals surface area contributed by atoms with Crippen molar-refractivity contribution in [1.29, 1.82) is 0 Å². The summed E-state index contributed by atoms with van der Waals surface area (Å²) in [6.45, 7) is 4.84. The minimum Gasteiger partial charge on any atom is -0.370 e. The maximum atomic E-state index is 5.99. The summed E-state index contributed by atoms with van der Waals surface area (Å²) in [7, 11) is 0. The van der Waals surface area contributed by atoms with Crippen LogP contribution in [0.2, 0.25) is 10.0 Å². The first kappa shape index (κ1) is 14.9. The second kappa shape index (κ2) is 6.77. The van der Waals surface area contributed by atoms with Crippen LogP contribution in [0.25, 0.3) is 0 Å². The van der Waals surface area contributed by atoms with Crippen molar-refractivity contribution in [2.45, 2.75) is 20.3 Å². The molecule has 0 unspecified atom stereocenters. The molecule has 0 saturated heterocycles. The van der Waals surface area contributed by atoms with Crippen molar-refractivity contribution in [3.05, 3.63) is 40.1 Å². The first-order valence-corrected chi connectivity index (χ1v) is 7.15. The molecule has 2 rings (SSSR count). The number of aryl methyl sites for hydroxylation is 1. The van der Waals surface area contributed by atoms with Gasteiger partial charge >= 0.3 is 0 Å². The second-order valence-electron chi connectivity index (χ2n) is 4.37. The highest BCUT2D eigenvalue weighted by atomic mass is 35.5. The van der Waals surface area contributed by atoms with Crippen LogP contribution < -0.4 is 10.6 Å². The van der Waals surface area contributed by atoms with E-state index in [1.807, 2.05) is 19.1 Å². The van der Waals surface area contributed by atoms with E-state index in [4.69, 9.17) is 23.2 Å². The van der Waals surface area contributed by atoms with Gasteiger partial charge in [0.1, 0.15) is 17.5 Å². The predicted molar refractivity (Wildman–Crippen MR) is 85.3 cm³/mol. The quantitative estimate of drug-likeness (QED) is 0.843. The van der Waals surface area contributed by atoms with Crippen LogP contribution in [0.3, 0.4) is 0 Å². The molecule has 20 heavy (non-hydrogen) atoms. The third kappa shape index (κ3) is 3.99. The molecule has 0 aliphatic heterocycles. The van der Waals surface area contributed by atoms with Crippen molar-refractivity contribution < 1.29 is 0 Å². The normalized spacial score (nSPS) is 10.4. The van der Waals surface area contributed by atoms with Crippen molar-refractivity contribution in [2.75, 3.05) is 17.2 Å². The van der Waals surface area contributed by atoms with Crippen LogP contribution in [-0.4, -0.2) is 16.5 Å². The Morgan fingerprint density at radius 3 is 2.50 bits per heavy atom. The fourth-order valence-corrected chi connectivity index (χ4v) is 2.00. The Hall–Kier alpha value is -1.52. The maximum Gasteiger partial charge on any atom is 0.136 e. The Labute approximate surface area is 128 Å². The molecule has 1 aromatic carbocycles. The highest BCUT2D eigenvalue weighted by Crippen LogP contribution is 2.26. The van der Waals surface area contributed by atoms with Crippen molar-refractivity contribution in [3.8, 4) is 0 Å². The summed E-state index contributed by atoms with van der Waals surface area (Å²) in [4.78, 5) is 8.69. The molecule has 2 N–H and O–H groups in total. The highest BCUT2D eigenvalue weighted by molar-refractivity contribution is 6.42. The smallest absolute Gasteiger partial charge is 0.136 e. The lowest BCUT2D eigenvalue weighted by molar-refractivity contribution is 0.955. The van der Waals surface area contributed by atoms with E-state index in [2.05, 4.69) is 27.5 Å². The zero-order chi connectivity index (χ0) is 14.5. The lowest BCUT2D eigenvalue weighted by Crippen LogP contribution is -2.05. The topological polar surface area (TPSA) is 49.8 Å². The van der Waals surface area contributed by atoms with Gasteiger partial charge in [0.25, 0.3) is 0 Å². The molecular weight excluding hydrogens is 295 g/mol. The van der Waals surface area contributed by atoms with Crippen LogP contribution in [0, 0.1) is 6.92 Å². The van der Waals surface area contributed by atoms with Crippen LogP contribution >= 0.6 is 23.2 Å². The second-order valence-corrected chi connectivity index (χ2v) is 5.18. The van der Waals surface area contributed by atoms with Gasteiger partial charge < -0.3 is 10.6 Å². The summed E-state index contributed by atoms with van der Waals surface area (Å²) >= 11 is 11.9. The van der Waals surface area contributed by atoms with Crippen molar-refractivity contribution in [2.24, 2.45) is 0 Å². The molecule has 1 aromatic heterocycles. The van der Waals surface area contributed by atoms with E-state index in [-0.39, 0.29) is 0 Å². The fraction of sp³-hybridized carbons (Fsp3) is 0.286. The summed E-state index contributed by atoms with van der Waals surface area (Å²) < 4.78 is 0. The van der Waals surface area contributed by atoms with Gasteiger partial charge in [0.05, 0.1) is 10.0 Å². The fourth-order valence-electron chi connectivity index (χ4n) is 1.70. The van der Waals surface area contributed by atoms with Gasteiger partial charge in [-0.25, -0.2) is 9.97 Å². The van der Waals surface area contributed by atoms with Gasteiger partial charge in [-0.3, -0.25) is 0 Å². The van der Waals surface area contributed by atoms with E-state index in [1.165, 1.54) is 0 Å². The van der Waals surface area contributed by atoms with Gasteiger partial charge in [-0.15, -0.1) is 0 Å². The van der Waals surface area contributed by atoms with E-state index >= 15 is 0 Å². The number of hydrogen-bond donors (Lipinski definition) is 2. The zero-order valence-corrected chi connectivity index (χ0v) is 12.9. The van der Waals surface area contributed by atoms with E-state index in [9.17, 15) is 0 Å². The number of hydrogen-bond acceptors (Lipinski definition) is 4. The Balaban J connectivity index is 2.19. The first-order chi connectivity index (χ1) is 9.58.